The summed E-state index contributed by atoms with van der Waals surface area (Å²) in [6.45, 7) is 0. The van der Waals surface area contributed by atoms with Gasteiger partial charge in [-0.15, -0.1) is 0 Å². The Kier molecular flexibility index (Phi) is 4.45. The quantitative estimate of drug-likeness (QED) is 0.324. The molecule has 8 aliphatic rings. The summed E-state index contributed by atoms with van der Waals surface area (Å²) < 4.78 is 11.8. The average Bonchev–Trinajstić information content (AvgIpc) is 2.93. The predicted molar refractivity (Wildman–Crippen MR) is 137 cm³/mol. The van der Waals surface area contributed by atoms with Crippen molar-refractivity contribution in [2.75, 3.05) is 0 Å². The fourth-order valence-electron chi connectivity index (χ4n) is 6.97. The second-order valence-electron chi connectivity index (χ2n) is 10.7. The van der Waals surface area contributed by atoms with E-state index in [1.165, 1.54) is 11.1 Å². The molecule has 6 atom stereocenters. The van der Waals surface area contributed by atoms with E-state index in [0.717, 1.165) is 22.3 Å². The predicted octanol–water partition coefficient (Wildman–Crippen LogP) is 3.45. The minimum absolute atomic E-state index is 0.0288. The van der Waals surface area contributed by atoms with Gasteiger partial charge in [-0.1, -0.05) is 36.5 Å². The largest absolute Gasteiger partial charge is 0.452 e. The zero-order chi connectivity index (χ0) is 25.5. The van der Waals surface area contributed by atoms with Crippen LogP contribution in [0.15, 0.2) is 119 Å². The van der Waals surface area contributed by atoms with Crippen LogP contribution in [0.2, 0.25) is 0 Å². The van der Waals surface area contributed by atoms with E-state index in [1.54, 1.807) is 12.2 Å². The summed E-state index contributed by atoms with van der Waals surface area (Å²) in [6.07, 6.45) is 27.7. The van der Waals surface area contributed by atoms with Crippen molar-refractivity contribution < 1.29 is 23.9 Å². The molecule has 0 aromatic heterocycles. The molecule has 6 heterocycles. The van der Waals surface area contributed by atoms with Crippen molar-refractivity contribution in [3.8, 4) is 0 Å². The first-order chi connectivity index (χ1) is 18.6. The van der Waals surface area contributed by atoms with Crippen molar-refractivity contribution >= 4 is 17.7 Å². The highest BCUT2D eigenvalue weighted by molar-refractivity contribution is 6.11. The Hall–Kier alpha value is -4.39. The summed E-state index contributed by atoms with van der Waals surface area (Å²) in [4.78, 5) is 44.3. The summed E-state index contributed by atoms with van der Waals surface area (Å²) in [6, 6.07) is 0.0576. The van der Waals surface area contributed by atoms with Crippen LogP contribution in [-0.2, 0) is 23.9 Å². The lowest BCUT2D eigenvalue weighted by atomic mass is 9.73. The van der Waals surface area contributed by atoms with Gasteiger partial charge >= 0.3 is 11.9 Å². The molecule has 38 heavy (non-hydrogen) atoms. The van der Waals surface area contributed by atoms with Crippen LogP contribution in [0.1, 0.15) is 12.8 Å². The van der Waals surface area contributed by atoms with Gasteiger partial charge in [0.2, 0.25) is 0 Å². The zero-order valence-electron chi connectivity index (χ0n) is 20.4. The highest BCUT2D eigenvalue weighted by Crippen LogP contribution is 2.46. The van der Waals surface area contributed by atoms with Crippen LogP contribution in [-0.4, -0.2) is 51.8 Å². The van der Waals surface area contributed by atoms with Crippen molar-refractivity contribution in [2.45, 2.75) is 37.1 Å². The van der Waals surface area contributed by atoms with Crippen LogP contribution in [0.3, 0.4) is 0 Å². The average molecular weight is 505 g/mol. The smallest absolute Gasteiger partial charge is 0.321 e. The molecule has 2 saturated carbocycles. The molecule has 6 aliphatic heterocycles. The molecule has 6 unspecified atom stereocenters. The van der Waals surface area contributed by atoms with E-state index in [4.69, 9.17) is 9.47 Å². The minimum atomic E-state index is -1.14. The first-order valence-electron chi connectivity index (χ1n) is 13.0. The molecular formula is C31H24N2O5. The van der Waals surface area contributed by atoms with Crippen LogP contribution in [0.4, 0.5) is 0 Å². The number of ether oxygens (including phenoxy) is 2. The van der Waals surface area contributed by atoms with Crippen LogP contribution in [0, 0.1) is 11.8 Å². The maximum Gasteiger partial charge on any atom is 0.321 e. The molecule has 0 spiro atoms. The Morgan fingerprint density at radius 2 is 1.05 bits per heavy atom. The van der Waals surface area contributed by atoms with Gasteiger partial charge < -0.3 is 19.3 Å². The van der Waals surface area contributed by atoms with Gasteiger partial charge in [-0.2, -0.15) is 0 Å². The standard InChI is InChI=1S/C31H24N2O5/c34-27(23-15-19-13-17-5-1-9-32-11-3-7-21(25(17)32)28(19)37-30(23)35)24-16-20-14-18-6-2-10-33-12-4-8-22(26(18)33)29(20)38-31(24)36/h1-12,15-16,23-26,28-29H,13-14H2. The van der Waals surface area contributed by atoms with Gasteiger partial charge in [-0.3, -0.25) is 14.4 Å². The Bertz CT molecular complexity index is 1410. The Morgan fingerprint density at radius 1 is 0.632 bits per heavy atom. The van der Waals surface area contributed by atoms with E-state index in [0.29, 0.717) is 12.8 Å². The maximum absolute atomic E-state index is 13.7. The van der Waals surface area contributed by atoms with E-state index < -0.39 is 41.8 Å². The zero-order valence-corrected chi connectivity index (χ0v) is 20.4. The molecule has 7 heteroatoms. The molecule has 0 radical (unpaired) electrons. The van der Waals surface area contributed by atoms with Crippen LogP contribution >= 0.6 is 0 Å². The molecular weight excluding hydrogens is 480 g/mol. The van der Waals surface area contributed by atoms with Crippen molar-refractivity contribution in [3.05, 3.63) is 119 Å². The third-order valence-electron chi connectivity index (χ3n) is 8.61. The van der Waals surface area contributed by atoms with Crippen molar-refractivity contribution in [1.82, 2.24) is 9.80 Å². The Balaban J connectivity index is 1.12. The normalized spacial score (nSPS) is 35.2. The molecule has 0 saturated heterocycles. The van der Waals surface area contributed by atoms with E-state index in [1.807, 2.05) is 61.3 Å². The fraction of sp³-hybridized carbons (Fsp3) is 0.258. The lowest BCUT2D eigenvalue weighted by Crippen LogP contribution is -2.49. The van der Waals surface area contributed by atoms with E-state index in [9.17, 15) is 14.4 Å². The van der Waals surface area contributed by atoms with Crippen molar-refractivity contribution in [3.63, 3.8) is 0 Å². The summed E-state index contributed by atoms with van der Waals surface area (Å²) in [5, 5.41) is 0. The molecule has 0 N–H and O–H groups in total. The number of carbonyl (C=O) groups excluding carboxylic acids is 3. The highest BCUT2D eigenvalue weighted by Gasteiger charge is 2.49. The molecule has 7 nitrogen and oxygen atoms in total. The first-order valence-corrected chi connectivity index (χ1v) is 13.0. The number of ketones is 1. The molecule has 0 bridgehead atoms. The van der Waals surface area contributed by atoms with Gasteiger partial charge in [-0.25, -0.2) is 0 Å². The Labute approximate surface area is 219 Å². The number of esters is 2. The first kappa shape index (κ1) is 21.7. The van der Waals surface area contributed by atoms with Gasteiger partial charge in [0.15, 0.2) is 5.78 Å². The molecule has 2 aliphatic carbocycles. The van der Waals surface area contributed by atoms with E-state index in [2.05, 4.69) is 22.0 Å². The van der Waals surface area contributed by atoms with E-state index in [-0.39, 0.29) is 12.1 Å². The number of fused-ring (bicyclic) bond motifs is 4. The van der Waals surface area contributed by atoms with Crippen LogP contribution in [0.25, 0.3) is 0 Å². The lowest BCUT2D eigenvalue weighted by Gasteiger charge is -2.45. The minimum Gasteiger partial charge on any atom is -0.452 e. The monoisotopic (exact) mass is 504 g/mol. The van der Waals surface area contributed by atoms with Crippen molar-refractivity contribution in [2.24, 2.45) is 11.8 Å². The summed E-state index contributed by atoms with van der Waals surface area (Å²) in [5.74, 6) is -4.00. The number of allylic oxidation sites excluding steroid dienone is 8. The summed E-state index contributed by atoms with van der Waals surface area (Å²) in [7, 11) is 0. The SMILES string of the molecule is O=C1OC2C(=CC1C(=O)C1C=C3CC4=CC=CN5C=CC=C(C3OC1=O)C45)CC1=CC=CN3C=CC=C2C13. The lowest BCUT2D eigenvalue weighted by molar-refractivity contribution is -0.159. The number of Topliss-reactive ketones (excluding diaryl/α,β-unsaturated/α-hetero) is 1. The number of hydrogen-bond donors (Lipinski definition) is 0. The van der Waals surface area contributed by atoms with Gasteiger partial charge in [0.1, 0.15) is 24.0 Å². The second-order valence-corrected chi connectivity index (χ2v) is 10.7. The number of nitrogens with zero attached hydrogens (tertiary/aromatic N) is 2. The Morgan fingerprint density at radius 3 is 1.50 bits per heavy atom. The molecule has 8 rings (SSSR count). The molecule has 0 aromatic rings. The van der Waals surface area contributed by atoms with Gasteiger partial charge in [0.05, 0.1) is 12.1 Å². The van der Waals surface area contributed by atoms with Crippen LogP contribution in [0.5, 0.6) is 0 Å². The third kappa shape index (κ3) is 2.99. The highest BCUT2D eigenvalue weighted by atomic mass is 16.6. The van der Waals surface area contributed by atoms with E-state index >= 15 is 0 Å². The summed E-state index contributed by atoms with van der Waals surface area (Å²) >= 11 is 0. The van der Waals surface area contributed by atoms with Crippen LogP contribution < -0.4 is 0 Å². The third-order valence-corrected chi connectivity index (χ3v) is 8.61. The molecule has 0 aromatic carbocycles. The molecule has 2 fully saturated rings. The fourth-order valence-corrected chi connectivity index (χ4v) is 6.97. The summed E-state index contributed by atoms with van der Waals surface area (Å²) in [5.41, 5.74) is 6.11. The van der Waals surface area contributed by atoms with Crippen molar-refractivity contribution in [1.29, 1.82) is 0 Å². The van der Waals surface area contributed by atoms with Gasteiger partial charge in [0.25, 0.3) is 0 Å². The number of hydrogen-bond acceptors (Lipinski definition) is 7. The number of carbonyl (C=O) groups is 3. The number of rotatable bonds is 2. The topological polar surface area (TPSA) is 76.1 Å². The van der Waals surface area contributed by atoms with Gasteiger partial charge in [-0.05, 0) is 59.4 Å². The molecule has 0 amide bonds. The second kappa shape index (κ2) is 7.81. The van der Waals surface area contributed by atoms with Gasteiger partial charge in [0, 0.05) is 35.9 Å². The maximum atomic E-state index is 13.7. The molecule has 188 valence electrons.